The first kappa shape index (κ1) is 8.60. The van der Waals surface area contributed by atoms with Crippen LogP contribution >= 0.6 is 35.0 Å². The Morgan fingerprint density at radius 2 is 2.17 bits per heavy atom. The Bertz CT molecular complexity index is 329. The van der Waals surface area contributed by atoms with E-state index in [0.717, 1.165) is 17.0 Å². The summed E-state index contributed by atoms with van der Waals surface area (Å²) in [5, 5.41) is 1.14. The SMILES string of the molecule is C[C@@H]1SCc2nc(Cl)nc(Cl)c21. The number of hydrogen-bond acceptors (Lipinski definition) is 3. The lowest BCUT2D eigenvalue weighted by atomic mass is 10.2. The molecule has 64 valence electrons. The zero-order chi connectivity index (χ0) is 8.72. The highest BCUT2D eigenvalue weighted by Gasteiger charge is 2.24. The van der Waals surface area contributed by atoms with E-state index in [9.17, 15) is 0 Å². The lowest BCUT2D eigenvalue weighted by Gasteiger charge is -2.03. The van der Waals surface area contributed by atoms with Crippen LogP contribution in [-0.4, -0.2) is 9.97 Å². The first-order chi connectivity index (χ1) is 5.68. The van der Waals surface area contributed by atoms with Crippen molar-refractivity contribution >= 4 is 35.0 Å². The molecule has 5 heteroatoms. The third-order valence-electron chi connectivity index (χ3n) is 1.83. The number of halogens is 2. The van der Waals surface area contributed by atoms with Crippen LogP contribution in [0.3, 0.4) is 0 Å². The summed E-state index contributed by atoms with van der Waals surface area (Å²) in [6.45, 7) is 2.10. The molecule has 0 amide bonds. The fourth-order valence-corrected chi connectivity index (χ4v) is 2.95. The van der Waals surface area contributed by atoms with Gasteiger partial charge in [0.1, 0.15) is 5.15 Å². The van der Waals surface area contributed by atoms with Gasteiger partial charge >= 0.3 is 0 Å². The van der Waals surface area contributed by atoms with Crippen molar-refractivity contribution in [1.82, 2.24) is 9.97 Å². The molecule has 0 aliphatic carbocycles. The molecule has 1 aromatic rings. The number of nitrogens with zero attached hydrogens (tertiary/aromatic N) is 2. The van der Waals surface area contributed by atoms with Crippen molar-refractivity contribution in [2.24, 2.45) is 0 Å². The molecule has 0 aromatic carbocycles. The molecule has 0 fully saturated rings. The highest BCUT2D eigenvalue weighted by atomic mass is 35.5. The molecule has 2 nitrogen and oxygen atoms in total. The van der Waals surface area contributed by atoms with E-state index >= 15 is 0 Å². The van der Waals surface area contributed by atoms with E-state index in [2.05, 4.69) is 16.9 Å². The first-order valence-corrected chi connectivity index (χ1v) is 5.32. The zero-order valence-electron chi connectivity index (χ0n) is 6.34. The van der Waals surface area contributed by atoms with Crippen LogP contribution in [0.5, 0.6) is 0 Å². The van der Waals surface area contributed by atoms with Crippen molar-refractivity contribution in [3.8, 4) is 0 Å². The Morgan fingerprint density at radius 1 is 1.42 bits per heavy atom. The lowest BCUT2D eigenvalue weighted by molar-refractivity contribution is 1.01. The van der Waals surface area contributed by atoms with E-state index in [1.165, 1.54) is 0 Å². The van der Waals surface area contributed by atoms with Gasteiger partial charge in [0, 0.05) is 16.6 Å². The summed E-state index contributed by atoms with van der Waals surface area (Å²) in [6, 6.07) is 0. The molecule has 1 aromatic heterocycles. The Morgan fingerprint density at radius 3 is 2.92 bits per heavy atom. The fraction of sp³-hybridized carbons (Fsp3) is 0.429. The summed E-state index contributed by atoms with van der Waals surface area (Å²) >= 11 is 13.4. The van der Waals surface area contributed by atoms with Crippen LogP contribution in [0.25, 0.3) is 0 Å². The van der Waals surface area contributed by atoms with Crippen molar-refractivity contribution in [3.05, 3.63) is 21.7 Å². The smallest absolute Gasteiger partial charge is 0.222 e. The second-order valence-corrected chi connectivity index (χ2v) is 4.62. The van der Waals surface area contributed by atoms with Gasteiger partial charge in [-0.2, -0.15) is 0 Å². The Hall–Kier alpha value is 0.01000. The molecule has 1 aliphatic rings. The molecule has 2 rings (SSSR count). The predicted octanol–water partition coefficient (Wildman–Crippen LogP) is 3.09. The van der Waals surface area contributed by atoms with Gasteiger partial charge in [0.05, 0.1) is 5.69 Å². The minimum absolute atomic E-state index is 0.244. The molecule has 0 saturated heterocycles. The van der Waals surface area contributed by atoms with Gasteiger partial charge in [0.2, 0.25) is 5.28 Å². The van der Waals surface area contributed by atoms with Crippen LogP contribution in [0.1, 0.15) is 23.4 Å². The number of thioether (sulfide) groups is 1. The number of rotatable bonds is 0. The fourth-order valence-electron chi connectivity index (χ4n) is 1.26. The quantitative estimate of drug-likeness (QED) is 0.497. The molecule has 0 bridgehead atoms. The normalized spacial score (nSPS) is 21.1. The molecule has 12 heavy (non-hydrogen) atoms. The van der Waals surface area contributed by atoms with Gasteiger partial charge < -0.3 is 0 Å². The molecule has 0 unspecified atom stereocenters. The average Bonchev–Trinajstić information content (AvgIpc) is 2.31. The van der Waals surface area contributed by atoms with E-state index in [0.29, 0.717) is 10.4 Å². The van der Waals surface area contributed by atoms with Gasteiger partial charge in [-0.05, 0) is 18.5 Å². The maximum Gasteiger partial charge on any atom is 0.224 e. The van der Waals surface area contributed by atoms with Crippen molar-refractivity contribution < 1.29 is 0 Å². The van der Waals surface area contributed by atoms with E-state index in [4.69, 9.17) is 23.2 Å². The van der Waals surface area contributed by atoms with Gasteiger partial charge in [-0.3, -0.25) is 0 Å². The Balaban J connectivity index is 2.60. The van der Waals surface area contributed by atoms with E-state index in [-0.39, 0.29) is 5.28 Å². The topological polar surface area (TPSA) is 25.8 Å². The lowest BCUT2D eigenvalue weighted by Crippen LogP contribution is -1.95. The Kier molecular flexibility index (Phi) is 2.19. The largest absolute Gasteiger partial charge is 0.224 e. The number of fused-ring (bicyclic) bond motifs is 1. The van der Waals surface area contributed by atoms with Gasteiger partial charge in [0.15, 0.2) is 0 Å². The summed E-state index contributed by atoms with van der Waals surface area (Å²) in [7, 11) is 0. The predicted molar refractivity (Wildman–Crippen MR) is 51.8 cm³/mol. The second kappa shape index (κ2) is 3.05. The molecule has 0 spiro atoms. The third kappa shape index (κ3) is 1.30. The molecule has 0 saturated carbocycles. The molecule has 2 heterocycles. The van der Waals surface area contributed by atoms with Crippen LogP contribution in [0, 0.1) is 0 Å². The van der Waals surface area contributed by atoms with Gasteiger partial charge in [0.25, 0.3) is 0 Å². The van der Waals surface area contributed by atoms with Gasteiger partial charge in [-0.25, -0.2) is 9.97 Å². The highest BCUT2D eigenvalue weighted by molar-refractivity contribution is 7.99. The molecular weight excluding hydrogens is 215 g/mol. The van der Waals surface area contributed by atoms with E-state index < -0.39 is 0 Å². The maximum atomic E-state index is 5.92. The highest BCUT2D eigenvalue weighted by Crippen LogP contribution is 2.43. The second-order valence-electron chi connectivity index (χ2n) is 2.60. The summed E-state index contributed by atoms with van der Waals surface area (Å²) in [6.07, 6.45) is 0. The number of aromatic nitrogens is 2. The molecule has 1 atom stereocenters. The van der Waals surface area contributed by atoms with Crippen LogP contribution in [0.4, 0.5) is 0 Å². The third-order valence-corrected chi connectivity index (χ3v) is 3.46. The van der Waals surface area contributed by atoms with E-state index in [1.807, 2.05) is 0 Å². The standard InChI is InChI=1S/C7H6Cl2N2S/c1-3-5-4(2-12-3)10-7(9)11-6(5)8/h3H,2H2,1H3/t3-/m0/s1. The van der Waals surface area contributed by atoms with E-state index in [1.54, 1.807) is 11.8 Å². The van der Waals surface area contributed by atoms with Crippen LogP contribution in [0.15, 0.2) is 0 Å². The van der Waals surface area contributed by atoms with Gasteiger partial charge in [-0.1, -0.05) is 11.6 Å². The average molecular weight is 221 g/mol. The summed E-state index contributed by atoms with van der Waals surface area (Å²) in [4.78, 5) is 8.02. The minimum atomic E-state index is 0.244. The Labute approximate surface area is 84.7 Å². The molecule has 1 aliphatic heterocycles. The van der Waals surface area contributed by atoms with Crippen molar-refractivity contribution in [2.75, 3.05) is 0 Å². The van der Waals surface area contributed by atoms with Crippen molar-refractivity contribution in [2.45, 2.75) is 17.9 Å². The van der Waals surface area contributed by atoms with Crippen LogP contribution in [-0.2, 0) is 5.75 Å². The summed E-state index contributed by atoms with van der Waals surface area (Å²) < 4.78 is 0. The maximum absolute atomic E-state index is 5.92. The summed E-state index contributed by atoms with van der Waals surface area (Å²) in [5.74, 6) is 0.887. The molecular formula is C7H6Cl2N2S. The zero-order valence-corrected chi connectivity index (χ0v) is 8.67. The minimum Gasteiger partial charge on any atom is -0.222 e. The monoisotopic (exact) mass is 220 g/mol. The van der Waals surface area contributed by atoms with Crippen LogP contribution < -0.4 is 0 Å². The molecule has 0 radical (unpaired) electrons. The summed E-state index contributed by atoms with van der Waals surface area (Å²) in [5.41, 5.74) is 2.03. The first-order valence-electron chi connectivity index (χ1n) is 3.52. The number of hydrogen-bond donors (Lipinski definition) is 0. The van der Waals surface area contributed by atoms with Gasteiger partial charge in [-0.15, -0.1) is 11.8 Å². The molecule has 0 N–H and O–H groups in total. The van der Waals surface area contributed by atoms with Crippen LogP contribution in [0.2, 0.25) is 10.4 Å². The van der Waals surface area contributed by atoms with Crippen molar-refractivity contribution in [3.63, 3.8) is 0 Å². The van der Waals surface area contributed by atoms with Crippen molar-refractivity contribution in [1.29, 1.82) is 0 Å².